The van der Waals surface area contributed by atoms with Gasteiger partial charge < -0.3 is 5.73 Å². The van der Waals surface area contributed by atoms with Crippen LogP contribution in [0.1, 0.15) is 36.8 Å². The van der Waals surface area contributed by atoms with E-state index in [-0.39, 0.29) is 5.82 Å². The monoisotopic (exact) mass is 207 g/mol. The van der Waals surface area contributed by atoms with Gasteiger partial charge in [-0.3, -0.25) is 0 Å². The highest BCUT2D eigenvalue weighted by Gasteiger charge is 2.38. The molecule has 15 heavy (non-hydrogen) atoms. The maximum atomic E-state index is 13.4. The lowest BCUT2D eigenvalue weighted by atomic mass is 9.65. The molecule has 3 atom stereocenters. The number of hydrogen-bond acceptors (Lipinski definition) is 1. The highest BCUT2D eigenvalue weighted by Crippen LogP contribution is 2.43. The van der Waals surface area contributed by atoms with Gasteiger partial charge in [-0.2, -0.15) is 0 Å². The van der Waals surface area contributed by atoms with Crippen LogP contribution in [0, 0.1) is 18.7 Å². The van der Waals surface area contributed by atoms with Crippen LogP contribution in [-0.2, 0) is 0 Å². The molecule has 0 bridgehead atoms. The molecule has 0 heterocycles. The molecule has 1 aromatic rings. The van der Waals surface area contributed by atoms with E-state index < -0.39 is 0 Å². The molecule has 1 aliphatic rings. The van der Waals surface area contributed by atoms with E-state index in [4.69, 9.17) is 5.73 Å². The summed E-state index contributed by atoms with van der Waals surface area (Å²) in [7, 11) is 0. The van der Waals surface area contributed by atoms with Crippen molar-refractivity contribution >= 4 is 0 Å². The van der Waals surface area contributed by atoms with Crippen LogP contribution in [0.25, 0.3) is 0 Å². The number of nitrogens with two attached hydrogens (primary N) is 1. The summed E-state index contributed by atoms with van der Waals surface area (Å²) >= 11 is 0. The standard InChI is InChI=1S/C13H18FN/c1-3-10-11(7-13(10)15)9-5-4-8(2)12(14)6-9/h4-6,10-11,13H,3,7,15H2,1-2H3. The quantitative estimate of drug-likeness (QED) is 0.792. The average molecular weight is 207 g/mol. The third-order valence-corrected chi connectivity index (χ3v) is 3.69. The summed E-state index contributed by atoms with van der Waals surface area (Å²) in [5.74, 6) is 0.912. The largest absolute Gasteiger partial charge is 0.327 e. The van der Waals surface area contributed by atoms with Crippen molar-refractivity contribution in [2.45, 2.75) is 38.6 Å². The van der Waals surface area contributed by atoms with Gasteiger partial charge in [-0.25, -0.2) is 4.39 Å². The highest BCUT2D eigenvalue weighted by atomic mass is 19.1. The molecule has 0 spiro atoms. The molecular weight excluding hydrogens is 189 g/mol. The molecule has 2 heteroatoms. The zero-order valence-electron chi connectivity index (χ0n) is 9.33. The molecule has 1 aliphatic carbocycles. The third-order valence-electron chi connectivity index (χ3n) is 3.69. The minimum atomic E-state index is -0.0946. The van der Waals surface area contributed by atoms with Crippen LogP contribution in [0.2, 0.25) is 0 Å². The lowest BCUT2D eigenvalue weighted by molar-refractivity contribution is 0.198. The van der Waals surface area contributed by atoms with Crippen LogP contribution < -0.4 is 5.73 Å². The fourth-order valence-electron chi connectivity index (χ4n) is 2.56. The van der Waals surface area contributed by atoms with Crippen LogP contribution in [0.4, 0.5) is 4.39 Å². The normalized spacial score (nSPS) is 30.0. The van der Waals surface area contributed by atoms with E-state index >= 15 is 0 Å². The molecule has 0 aromatic heterocycles. The predicted molar refractivity (Wildman–Crippen MR) is 60.3 cm³/mol. The molecule has 2 N–H and O–H groups in total. The van der Waals surface area contributed by atoms with Crippen LogP contribution in [-0.4, -0.2) is 6.04 Å². The second-order valence-electron chi connectivity index (χ2n) is 4.59. The topological polar surface area (TPSA) is 26.0 Å². The molecule has 1 saturated carbocycles. The van der Waals surface area contributed by atoms with E-state index in [1.165, 1.54) is 0 Å². The number of benzene rings is 1. The number of hydrogen-bond donors (Lipinski definition) is 1. The van der Waals surface area contributed by atoms with E-state index in [1.807, 2.05) is 12.1 Å². The van der Waals surface area contributed by atoms with Crippen molar-refractivity contribution in [2.75, 3.05) is 0 Å². The first-order valence-electron chi connectivity index (χ1n) is 5.65. The van der Waals surface area contributed by atoms with Gasteiger partial charge in [-0.1, -0.05) is 25.5 Å². The summed E-state index contributed by atoms with van der Waals surface area (Å²) in [5, 5.41) is 0. The molecule has 0 aliphatic heterocycles. The molecular formula is C13H18FN. The first kappa shape index (κ1) is 10.6. The van der Waals surface area contributed by atoms with Gasteiger partial charge in [0.25, 0.3) is 0 Å². The fourth-order valence-corrected chi connectivity index (χ4v) is 2.56. The molecule has 0 saturated heterocycles. The zero-order valence-corrected chi connectivity index (χ0v) is 9.33. The Bertz CT molecular complexity index is 362. The maximum absolute atomic E-state index is 13.4. The lowest BCUT2D eigenvalue weighted by Gasteiger charge is -2.42. The summed E-state index contributed by atoms with van der Waals surface area (Å²) in [6, 6.07) is 5.89. The Balaban J connectivity index is 2.20. The predicted octanol–water partition coefficient (Wildman–Crippen LogP) is 2.97. The van der Waals surface area contributed by atoms with Gasteiger partial charge in [0.1, 0.15) is 5.82 Å². The van der Waals surface area contributed by atoms with Gasteiger partial charge in [0.2, 0.25) is 0 Å². The first-order chi connectivity index (χ1) is 7.13. The highest BCUT2D eigenvalue weighted by molar-refractivity contribution is 5.29. The third kappa shape index (κ3) is 1.78. The molecule has 82 valence electrons. The molecule has 2 rings (SSSR count). The Morgan fingerprint density at radius 3 is 2.73 bits per heavy atom. The summed E-state index contributed by atoms with van der Waals surface area (Å²) in [4.78, 5) is 0. The minimum Gasteiger partial charge on any atom is -0.327 e. The zero-order chi connectivity index (χ0) is 11.0. The Morgan fingerprint density at radius 1 is 1.47 bits per heavy atom. The van der Waals surface area contributed by atoms with Crippen molar-refractivity contribution in [1.82, 2.24) is 0 Å². The minimum absolute atomic E-state index is 0.0946. The van der Waals surface area contributed by atoms with E-state index in [0.29, 0.717) is 17.9 Å². The van der Waals surface area contributed by atoms with Crippen LogP contribution >= 0.6 is 0 Å². The molecule has 1 aromatic carbocycles. The SMILES string of the molecule is CCC1C(N)CC1c1ccc(C)c(F)c1. The number of halogens is 1. The fraction of sp³-hybridized carbons (Fsp3) is 0.538. The van der Waals surface area contributed by atoms with Crippen molar-refractivity contribution in [1.29, 1.82) is 0 Å². The van der Waals surface area contributed by atoms with Crippen LogP contribution in [0.3, 0.4) is 0 Å². The number of aryl methyl sites for hydroxylation is 1. The van der Waals surface area contributed by atoms with E-state index in [0.717, 1.165) is 24.0 Å². The first-order valence-corrected chi connectivity index (χ1v) is 5.65. The van der Waals surface area contributed by atoms with Gasteiger partial charge in [0.05, 0.1) is 0 Å². The van der Waals surface area contributed by atoms with Crippen molar-refractivity contribution in [3.8, 4) is 0 Å². The van der Waals surface area contributed by atoms with Gasteiger partial charge in [0, 0.05) is 6.04 Å². The van der Waals surface area contributed by atoms with Crippen LogP contribution in [0.5, 0.6) is 0 Å². The summed E-state index contributed by atoms with van der Waals surface area (Å²) in [6.45, 7) is 3.95. The second-order valence-corrected chi connectivity index (χ2v) is 4.59. The van der Waals surface area contributed by atoms with Gasteiger partial charge in [-0.05, 0) is 42.4 Å². The molecule has 0 amide bonds. The van der Waals surface area contributed by atoms with Crippen molar-refractivity contribution in [2.24, 2.45) is 11.7 Å². The summed E-state index contributed by atoms with van der Waals surface area (Å²) in [5.41, 5.74) is 7.77. The second kappa shape index (κ2) is 3.93. The molecule has 1 fully saturated rings. The van der Waals surface area contributed by atoms with Gasteiger partial charge in [-0.15, -0.1) is 0 Å². The number of rotatable bonds is 2. The Hall–Kier alpha value is -0.890. The summed E-state index contributed by atoms with van der Waals surface area (Å²) < 4.78 is 13.4. The Kier molecular flexibility index (Phi) is 2.79. The van der Waals surface area contributed by atoms with Crippen molar-refractivity contribution < 1.29 is 4.39 Å². The average Bonchev–Trinajstić information content (AvgIpc) is 2.19. The van der Waals surface area contributed by atoms with E-state index in [2.05, 4.69) is 6.92 Å². The lowest BCUT2D eigenvalue weighted by Crippen LogP contribution is -2.45. The molecule has 0 radical (unpaired) electrons. The van der Waals surface area contributed by atoms with E-state index in [9.17, 15) is 4.39 Å². The van der Waals surface area contributed by atoms with Crippen molar-refractivity contribution in [3.63, 3.8) is 0 Å². The molecule has 3 unspecified atom stereocenters. The Labute approximate surface area is 90.5 Å². The van der Waals surface area contributed by atoms with E-state index in [1.54, 1.807) is 13.0 Å². The maximum Gasteiger partial charge on any atom is 0.126 e. The van der Waals surface area contributed by atoms with Gasteiger partial charge in [0.15, 0.2) is 0 Å². The van der Waals surface area contributed by atoms with Crippen LogP contribution in [0.15, 0.2) is 18.2 Å². The van der Waals surface area contributed by atoms with Gasteiger partial charge >= 0.3 is 0 Å². The van der Waals surface area contributed by atoms with Crippen molar-refractivity contribution in [3.05, 3.63) is 35.1 Å². The summed E-state index contributed by atoms with van der Waals surface area (Å²) in [6.07, 6.45) is 2.09. The Morgan fingerprint density at radius 2 is 2.20 bits per heavy atom. The molecule has 1 nitrogen and oxygen atoms in total. The smallest absolute Gasteiger partial charge is 0.126 e.